The molecule has 0 radical (unpaired) electrons. The van der Waals surface area contributed by atoms with E-state index in [0.717, 1.165) is 11.4 Å². The van der Waals surface area contributed by atoms with Gasteiger partial charge >= 0.3 is 0 Å². The summed E-state index contributed by atoms with van der Waals surface area (Å²) in [6.07, 6.45) is 0. The molecule has 0 aromatic heterocycles. The number of nitrogens with one attached hydrogen (secondary N) is 1. The summed E-state index contributed by atoms with van der Waals surface area (Å²) in [5.41, 5.74) is 2.24. The van der Waals surface area contributed by atoms with Gasteiger partial charge in [-0.15, -0.1) is 0 Å². The Morgan fingerprint density at radius 2 is 0.882 bits per heavy atom. The zero-order valence-electron chi connectivity index (χ0n) is 11.3. The van der Waals surface area contributed by atoms with Crippen LogP contribution in [0.15, 0.2) is 60.7 Å². The first-order valence-corrected chi connectivity index (χ1v) is 6.32. The maximum absolute atomic E-state index is 3.30. The summed E-state index contributed by atoms with van der Waals surface area (Å²) in [5.74, 6) is 0. The first-order chi connectivity index (χ1) is 8.45. The molecule has 1 nitrogen and oxygen atoms in total. The molecule has 0 fully saturated rings. The zero-order valence-corrected chi connectivity index (χ0v) is 11.3. The lowest BCUT2D eigenvalue weighted by molar-refractivity contribution is 1.50. The van der Waals surface area contributed by atoms with Crippen molar-refractivity contribution < 1.29 is 1.43 Å². The Morgan fingerprint density at radius 1 is 0.588 bits per heavy atom. The Balaban J connectivity index is 0. The number of benzene rings is 2. The highest BCUT2D eigenvalue weighted by atomic mass is 14.9. The van der Waals surface area contributed by atoms with E-state index in [0.29, 0.717) is 0 Å². The van der Waals surface area contributed by atoms with Gasteiger partial charge in [-0.1, -0.05) is 64.1 Å². The van der Waals surface area contributed by atoms with Crippen molar-refractivity contribution >= 4 is 11.4 Å². The van der Waals surface area contributed by atoms with E-state index >= 15 is 0 Å². The van der Waals surface area contributed by atoms with Crippen LogP contribution in [-0.2, 0) is 0 Å². The third-order valence-corrected chi connectivity index (χ3v) is 1.84. The molecule has 0 saturated heterocycles. The van der Waals surface area contributed by atoms with Gasteiger partial charge in [0, 0.05) is 12.8 Å². The molecule has 0 unspecified atom stereocenters. The highest BCUT2D eigenvalue weighted by Gasteiger charge is 1.89. The van der Waals surface area contributed by atoms with Crippen molar-refractivity contribution in [1.29, 1.82) is 0 Å². The van der Waals surface area contributed by atoms with E-state index < -0.39 is 0 Å². The molecule has 0 amide bonds. The molecule has 1 N–H and O–H groups in total. The van der Waals surface area contributed by atoms with Crippen LogP contribution in [0.5, 0.6) is 0 Å². The number of hydrogen-bond acceptors (Lipinski definition) is 1. The minimum absolute atomic E-state index is 0. The van der Waals surface area contributed by atoms with Gasteiger partial charge in [0.2, 0.25) is 0 Å². The monoisotopic (exact) mass is 231 g/mol. The summed E-state index contributed by atoms with van der Waals surface area (Å²) in [5, 5.41) is 3.30. The average Bonchev–Trinajstić information content (AvgIpc) is 2.45. The smallest absolute Gasteiger partial charge is 0.0384 e. The molecule has 0 saturated carbocycles. The van der Waals surface area contributed by atoms with E-state index in [1.807, 2.05) is 88.4 Å². The summed E-state index contributed by atoms with van der Waals surface area (Å²) in [7, 11) is 0. The Labute approximate surface area is 107 Å². The maximum Gasteiger partial charge on any atom is 0.0384 e. The predicted octanol–water partition coefficient (Wildman–Crippen LogP) is 5.73. The van der Waals surface area contributed by atoms with Crippen LogP contribution >= 0.6 is 0 Å². The van der Waals surface area contributed by atoms with Crippen LogP contribution in [-0.4, -0.2) is 0 Å². The Bertz CT molecular complexity index is 322. The van der Waals surface area contributed by atoms with Crippen molar-refractivity contribution in [2.75, 3.05) is 5.32 Å². The van der Waals surface area contributed by atoms with E-state index in [-0.39, 0.29) is 1.43 Å². The predicted molar refractivity (Wildman–Crippen MR) is 81.0 cm³/mol. The number of para-hydroxylation sites is 2. The standard InChI is InChI=1S/C12H11N.2C2H6.H2/c1-3-7-11(8-4-1)13-12-9-5-2-6-10-12;2*1-2;/h1-10,13H;2*1-2H3;1H. The molecule has 0 aliphatic heterocycles. The molecule has 17 heavy (non-hydrogen) atoms. The van der Waals surface area contributed by atoms with Gasteiger partial charge in [-0.3, -0.25) is 0 Å². The van der Waals surface area contributed by atoms with Crippen molar-refractivity contribution in [1.82, 2.24) is 0 Å². The third-order valence-electron chi connectivity index (χ3n) is 1.84. The quantitative estimate of drug-likeness (QED) is 0.696. The van der Waals surface area contributed by atoms with Crippen LogP contribution in [0, 0.1) is 0 Å². The fourth-order valence-corrected chi connectivity index (χ4v) is 1.21. The summed E-state index contributed by atoms with van der Waals surface area (Å²) in [6, 6.07) is 20.3. The van der Waals surface area contributed by atoms with Gasteiger partial charge < -0.3 is 5.32 Å². The van der Waals surface area contributed by atoms with Gasteiger partial charge in [0.05, 0.1) is 0 Å². The summed E-state index contributed by atoms with van der Waals surface area (Å²) >= 11 is 0. The van der Waals surface area contributed by atoms with E-state index in [2.05, 4.69) is 5.32 Å². The molecule has 2 rings (SSSR count). The lowest BCUT2D eigenvalue weighted by atomic mass is 10.3. The van der Waals surface area contributed by atoms with Gasteiger partial charge in [-0.2, -0.15) is 0 Å². The SMILES string of the molecule is CC.CC.[HH].c1ccc(Nc2ccccc2)cc1. The molecule has 2 aromatic rings. The van der Waals surface area contributed by atoms with Gasteiger partial charge in [0.15, 0.2) is 0 Å². The van der Waals surface area contributed by atoms with Crippen molar-refractivity contribution in [2.45, 2.75) is 27.7 Å². The van der Waals surface area contributed by atoms with E-state index in [1.165, 1.54) is 0 Å². The fourth-order valence-electron chi connectivity index (χ4n) is 1.21. The average molecular weight is 231 g/mol. The minimum Gasteiger partial charge on any atom is -0.356 e. The lowest BCUT2D eigenvalue weighted by Gasteiger charge is -2.04. The second kappa shape index (κ2) is 10.7. The number of anilines is 2. The second-order valence-corrected chi connectivity index (χ2v) is 2.86. The maximum atomic E-state index is 3.30. The van der Waals surface area contributed by atoms with Crippen molar-refractivity contribution in [3.05, 3.63) is 60.7 Å². The lowest BCUT2D eigenvalue weighted by Crippen LogP contribution is -1.87. The van der Waals surface area contributed by atoms with E-state index in [9.17, 15) is 0 Å². The second-order valence-electron chi connectivity index (χ2n) is 2.86. The zero-order chi connectivity index (χ0) is 12.9. The minimum atomic E-state index is 0. The Morgan fingerprint density at radius 3 is 1.18 bits per heavy atom. The van der Waals surface area contributed by atoms with E-state index in [4.69, 9.17) is 0 Å². The van der Waals surface area contributed by atoms with Crippen LogP contribution in [0.2, 0.25) is 0 Å². The molecule has 0 atom stereocenters. The molecule has 0 heterocycles. The summed E-state index contributed by atoms with van der Waals surface area (Å²) < 4.78 is 0. The van der Waals surface area contributed by atoms with Gasteiger partial charge in [0.25, 0.3) is 0 Å². The molecule has 0 spiro atoms. The van der Waals surface area contributed by atoms with E-state index in [1.54, 1.807) is 0 Å². The topological polar surface area (TPSA) is 12.0 Å². The molecule has 94 valence electrons. The molecule has 0 aliphatic carbocycles. The number of hydrogen-bond donors (Lipinski definition) is 1. The summed E-state index contributed by atoms with van der Waals surface area (Å²) in [4.78, 5) is 0. The third kappa shape index (κ3) is 6.41. The van der Waals surface area contributed by atoms with Crippen LogP contribution in [0.1, 0.15) is 29.1 Å². The van der Waals surface area contributed by atoms with Gasteiger partial charge in [-0.25, -0.2) is 0 Å². The first-order valence-electron chi connectivity index (χ1n) is 6.32. The Kier molecular flexibility index (Phi) is 9.64. The molecule has 0 bridgehead atoms. The van der Waals surface area contributed by atoms with Crippen LogP contribution in [0.3, 0.4) is 0 Å². The normalized spacial score (nSPS) is 8.00. The van der Waals surface area contributed by atoms with Gasteiger partial charge in [-0.05, 0) is 24.3 Å². The summed E-state index contributed by atoms with van der Waals surface area (Å²) in [6.45, 7) is 8.00. The largest absolute Gasteiger partial charge is 0.356 e. The van der Waals surface area contributed by atoms with Crippen molar-refractivity contribution in [2.24, 2.45) is 0 Å². The van der Waals surface area contributed by atoms with Crippen LogP contribution in [0.4, 0.5) is 11.4 Å². The molecular formula is C16H25N. The van der Waals surface area contributed by atoms with Crippen molar-refractivity contribution in [3.8, 4) is 0 Å². The van der Waals surface area contributed by atoms with Gasteiger partial charge in [0.1, 0.15) is 0 Å². The van der Waals surface area contributed by atoms with Crippen LogP contribution < -0.4 is 5.32 Å². The first kappa shape index (κ1) is 15.2. The fraction of sp³-hybridized carbons (Fsp3) is 0.250. The number of rotatable bonds is 2. The molecular weight excluding hydrogens is 206 g/mol. The van der Waals surface area contributed by atoms with Crippen molar-refractivity contribution in [3.63, 3.8) is 0 Å². The van der Waals surface area contributed by atoms with Crippen LogP contribution in [0.25, 0.3) is 0 Å². The molecule has 1 heteroatoms. The molecule has 0 aliphatic rings. The Hall–Kier alpha value is -1.76. The highest BCUT2D eigenvalue weighted by molar-refractivity contribution is 5.58. The highest BCUT2D eigenvalue weighted by Crippen LogP contribution is 2.14. The molecule has 2 aromatic carbocycles.